The maximum absolute atomic E-state index is 12.9. The fourth-order valence-corrected chi connectivity index (χ4v) is 4.42. The third-order valence-corrected chi connectivity index (χ3v) is 5.72. The summed E-state index contributed by atoms with van der Waals surface area (Å²) < 4.78 is 12.9. The number of aromatic nitrogens is 1. The molecule has 0 unspecified atom stereocenters. The number of nitrogens with one attached hydrogen (secondary N) is 1. The molecule has 2 aromatic rings. The van der Waals surface area contributed by atoms with Crippen LogP contribution in [0.3, 0.4) is 0 Å². The van der Waals surface area contributed by atoms with Crippen molar-refractivity contribution in [3.8, 4) is 0 Å². The van der Waals surface area contributed by atoms with Crippen molar-refractivity contribution >= 4 is 17.2 Å². The zero-order valence-corrected chi connectivity index (χ0v) is 13.5. The first kappa shape index (κ1) is 14.8. The van der Waals surface area contributed by atoms with Gasteiger partial charge in [-0.05, 0) is 30.0 Å². The molecule has 2 fully saturated rings. The van der Waals surface area contributed by atoms with Crippen LogP contribution in [-0.2, 0) is 6.42 Å². The second kappa shape index (κ2) is 6.02. The molecular formula is C17H18FN3OS. The molecule has 2 saturated heterocycles. The molecule has 1 aromatic heterocycles. The molecule has 1 N–H and O–H groups in total. The third-order valence-electron chi connectivity index (χ3n) is 4.74. The summed E-state index contributed by atoms with van der Waals surface area (Å²) in [5.41, 5.74) is 1.00. The van der Waals surface area contributed by atoms with E-state index in [-0.39, 0.29) is 11.7 Å². The molecule has 4 rings (SSSR count). The highest BCUT2D eigenvalue weighted by molar-refractivity contribution is 7.13. The summed E-state index contributed by atoms with van der Waals surface area (Å²) in [7, 11) is 0. The molecule has 2 aliphatic rings. The molecule has 3 heterocycles. The van der Waals surface area contributed by atoms with Gasteiger partial charge >= 0.3 is 0 Å². The van der Waals surface area contributed by atoms with Gasteiger partial charge in [-0.2, -0.15) is 0 Å². The van der Waals surface area contributed by atoms with Crippen LogP contribution in [0.1, 0.15) is 26.7 Å². The Kier molecular flexibility index (Phi) is 3.87. The molecule has 6 heteroatoms. The summed E-state index contributed by atoms with van der Waals surface area (Å²) in [6, 6.07) is 6.75. The summed E-state index contributed by atoms with van der Waals surface area (Å²) in [6.45, 7) is 2.77. The second-order valence-electron chi connectivity index (χ2n) is 6.19. The van der Waals surface area contributed by atoms with E-state index in [2.05, 4.69) is 10.3 Å². The van der Waals surface area contributed by atoms with Gasteiger partial charge in [0.15, 0.2) is 0 Å². The summed E-state index contributed by atoms with van der Waals surface area (Å²) in [5, 5.41) is 4.26. The smallest absolute Gasteiger partial charge is 0.265 e. The average Bonchev–Trinajstić information content (AvgIpc) is 3.25. The van der Waals surface area contributed by atoms with Gasteiger partial charge in [-0.25, -0.2) is 9.37 Å². The van der Waals surface area contributed by atoms with Gasteiger partial charge < -0.3 is 10.2 Å². The Labute approximate surface area is 138 Å². The van der Waals surface area contributed by atoms with Gasteiger partial charge in [0.2, 0.25) is 0 Å². The first-order chi connectivity index (χ1) is 11.2. The van der Waals surface area contributed by atoms with Gasteiger partial charge in [-0.15, -0.1) is 11.3 Å². The van der Waals surface area contributed by atoms with E-state index in [1.165, 1.54) is 23.5 Å². The Morgan fingerprint density at radius 1 is 1.35 bits per heavy atom. The average molecular weight is 331 g/mol. The van der Waals surface area contributed by atoms with E-state index in [4.69, 9.17) is 0 Å². The van der Waals surface area contributed by atoms with Crippen LogP contribution in [0.25, 0.3) is 0 Å². The molecule has 2 atom stereocenters. The fourth-order valence-electron chi connectivity index (χ4n) is 3.51. The largest absolute Gasteiger partial charge is 0.333 e. The van der Waals surface area contributed by atoms with E-state index in [1.54, 1.807) is 18.3 Å². The monoisotopic (exact) mass is 331 g/mol. The Hall–Kier alpha value is -1.79. The zero-order chi connectivity index (χ0) is 15.8. The summed E-state index contributed by atoms with van der Waals surface area (Å²) in [6.07, 6.45) is 3.40. The van der Waals surface area contributed by atoms with E-state index in [0.29, 0.717) is 23.3 Å². The number of benzene rings is 1. The predicted octanol–water partition coefficient (Wildman–Crippen LogP) is 2.31. The highest BCUT2D eigenvalue weighted by Gasteiger charge is 2.40. The Balaban J connectivity index is 1.47. The van der Waals surface area contributed by atoms with Gasteiger partial charge in [-0.1, -0.05) is 12.1 Å². The van der Waals surface area contributed by atoms with Crippen molar-refractivity contribution < 1.29 is 9.18 Å². The third kappa shape index (κ3) is 2.88. The van der Waals surface area contributed by atoms with Crippen molar-refractivity contribution in [2.45, 2.75) is 18.9 Å². The molecule has 1 aromatic carbocycles. The molecule has 120 valence electrons. The van der Waals surface area contributed by atoms with Crippen molar-refractivity contribution in [1.29, 1.82) is 0 Å². The standard InChI is InChI=1S/C17H18FN3OS/c18-13-3-1-11(2-4-13)7-16-20-10-15(23-16)17(22)21-6-5-12-8-19-9-14(12)21/h1-4,10,12,14,19H,5-9H2/t12-,14+/m1/s1. The minimum atomic E-state index is -0.238. The zero-order valence-electron chi connectivity index (χ0n) is 12.7. The van der Waals surface area contributed by atoms with Crippen LogP contribution < -0.4 is 5.32 Å². The van der Waals surface area contributed by atoms with Gasteiger partial charge in [0.05, 0.1) is 11.2 Å². The lowest BCUT2D eigenvalue weighted by molar-refractivity contribution is 0.0741. The minimum Gasteiger partial charge on any atom is -0.333 e. The van der Waals surface area contributed by atoms with Crippen molar-refractivity contribution in [2.24, 2.45) is 5.92 Å². The van der Waals surface area contributed by atoms with Crippen molar-refractivity contribution in [1.82, 2.24) is 15.2 Å². The summed E-state index contributed by atoms with van der Waals surface area (Å²) in [4.78, 5) is 19.8. The van der Waals surface area contributed by atoms with E-state index >= 15 is 0 Å². The number of hydrogen-bond donors (Lipinski definition) is 1. The lowest BCUT2D eigenvalue weighted by Crippen LogP contribution is -2.38. The Morgan fingerprint density at radius 3 is 3.00 bits per heavy atom. The number of halogens is 1. The van der Waals surface area contributed by atoms with E-state index < -0.39 is 0 Å². The molecule has 2 aliphatic heterocycles. The molecule has 0 saturated carbocycles. The number of amides is 1. The van der Waals surface area contributed by atoms with Crippen molar-refractivity contribution in [3.05, 3.63) is 51.7 Å². The summed E-state index contributed by atoms with van der Waals surface area (Å²) >= 11 is 1.44. The highest BCUT2D eigenvalue weighted by Crippen LogP contribution is 2.29. The van der Waals surface area contributed by atoms with E-state index in [9.17, 15) is 9.18 Å². The number of likely N-dealkylation sites (tertiary alicyclic amines) is 1. The van der Waals surface area contributed by atoms with Crippen LogP contribution in [0.15, 0.2) is 30.5 Å². The van der Waals surface area contributed by atoms with Crippen LogP contribution in [0, 0.1) is 11.7 Å². The normalized spacial score (nSPS) is 23.3. The number of carbonyl (C=O) groups excluding carboxylic acids is 1. The van der Waals surface area contributed by atoms with Gasteiger partial charge in [0, 0.05) is 32.1 Å². The maximum atomic E-state index is 12.9. The molecule has 1 amide bonds. The molecular weight excluding hydrogens is 313 g/mol. The Bertz CT molecular complexity index is 715. The molecule has 23 heavy (non-hydrogen) atoms. The number of rotatable bonds is 3. The number of hydrogen-bond acceptors (Lipinski definition) is 4. The van der Waals surface area contributed by atoms with Crippen LogP contribution >= 0.6 is 11.3 Å². The topological polar surface area (TPSA) is 45.2 Å². The number of carbonyl (C=O) groups is 1. The second-order valence-corrected chi connectivity index (χ2v) is 7.31. The predicted molar refractivity (Wildman–Crippen MR) is 87.1 cm³/mol. The molecule has 4 nitrogen and oxygen atoms in total. The summed E-state index contributed by atoms with van der Waals surface area (Å²) in [5.74, 6) is 0.465. The first-order valence-electron chi connectivity index (χ1n) is 7.91. The van der Waals surface area contributed by atoms with Crippen LogP contribution in [0.5, 0.6) is 0 Å². The van der Waals surface area contributed by atoms with Gasteiger partial charge in [0.1, 0.15) is 10.7 Å². The van der Waals surface area contributed by atoms with Crippen LogP contribution in [0.2, 0.25) is 0 Å². The van der Waals surface area contributed by atoms with Crippen molar-refractivity contribution in [3.63, 3.8) is 0 Å². The van der Waals surface area contributed by atoms with Gasteiger partial charge in [0.25, 0.3) is 5.91 Å². The number of thiazole rings is 1. The van der Waals surface area contributed by atoms with Crippen molar-refractivity contribution in [2.75, 3.05) is 19.6 Å². The fraction of sp³-hybridized carbons (Fsp3) is 0.412. The van der Waals surface area contributed by atoms with Gasteiger partial charge in [-0.3, -0.25) is 4.79 Å². The lowest BCUT2D eigenvalue weighted by Gasteiger charge is -2.22. The lowest BCUT2D eigenvalue weighted by atomic mass is 10.1. The number of nitrogens with zero attached hydrogens (tertiary/aromatic N) is 2. The number of fused-ring (bicyclic) bond motifs is 1. The molecule has 0 bridgehead atoms. The van der Waals surface area contributed by atoms with Crippen LogP contribution in [-0.4, -0.2) is 41.5 Å². The first-order valence-corrected chi connectivity index (χ1v) is 8.73. The van der Waals surface area contributed by atoms with E-state index in [1.807, 2.05) is 4.90 Å². The SMILES string of the molecule is O=C(c1cnc(Cc2ccc(F)cc2)s1)N1CC[C@@H]2CNC[C@@H]21. The maximum Gasteiger partial charge on any atom is 0.265 e. The molecule has 0 radical (unpaired) electrons. The minimum absolute atomic E-state index is 0.101. The van der Waals surface area contributed by atoms with Crippen LogP contribution in [0.4, 0.5) is 4.39 Å². The highest BCUT2D eigenvalue weighted by atomic mass is 32.1. The quantitative estimate of drug-likeness (QED) is 0.939. The molecule has 0 spiro atoms. The Morgan fingerprint density at radius 2 is 2.17 bits per heavy atom. The van der Waals surface area contributed by atoms with E-state index in [0.717, 1.165) is 36.6 Å². The molecule has 0 aliphatic carbocycles.